The number of para-hydroxylation sites is 1. The van der Waals surface area contributed by atoms with Crippen LogP contribution in [-0.4, -0.2) is 33.1 Å². The van der Waals surface area contributed by atoms with Gasteiger partial charge in [-0.25, -0.2) is 0 Å². The van der Waals surface area contributed by atoms with Crippen LogP contribution in [0.3, 0.4) is 0 Å². The van der Waals surface area contributed by atoms with Crippen LogP contribution in [0.25, 0.3) is 10.9 Å². The van der Waals surface area contributed by atoms with Gasteiger partial charge in [-0.2, -0.15) is 0 Å². The topological polar surface area (TPSA) is 66.1 Å². The number of carbonyl (C=O) groups excluding carboxylic acids is 2. The lowest BCUT2D eigenvalue weighted by Crippen LogP contribution is -2.41. The van der Waals surface area contributed by atoms with Crippen molar-refractivity contribution in [3.05, 3.63) is 87.5 Å². The Balaban J connectivity index is 1.53. The van der Waals surface area contributed by atoms with Gasteiger partial charge in [0.25, 0.3) is 0 Å². The Morgan fingerprint density at radius 2 is 2.03 bits per heavy atom. The summed E-state index contributed by atoms with van der Waals surface area (Å²) in [6.07, 6.45) is 2.85. The van der Waals surface area contributed by atoms with Crippen molar-refractivity contribution in [2.75, 3.05) is 6.54 Å². The van der Waals surface area contributed by atoms with E-state index in [0.717, 1.165) is 28.9 Å². The Bertz CT molecular complexity index is 1240. The Hall–Kier alpha value is -3.25. The number of amides is 1. The molecule has 0 fully saturated rings. The number of nitrogens with one attached hydrogen (secondary N) is 1. The predicted octanol–water partition coefficient (Wildman–Crippen LogP) is 4.54. The summed E-state index contributed by atoms with van der Waals surface area (Å²) >= 11 is 1.40. The number of thiophene rings is 1. The second-order valence-electron chi connectivity index (χ2n) is 7.61. The van der Waals surface area contributed by atoms with Crippen molar-refractivity contribution in [2.45, 2.75) is 25.8 Å². The van der Waals surface area contributed by atoms with E-state index in [1.54, 1.807) is 13.1 Å². The number of hydrogen-bond acceptors (Lipinski definition) is 4. The second kappa shape index (κ2) is 7.54. The highest BCUT2D eigenvalue weighted by molar-refractivity contribution is 7.12. The molecular weight excluding hydrogens is 394 g/mol. The van der Waals surface area contributed by atoms with Crippen molar-refractivity contribution < 1.29 is 9.59 Å². The number of nitrogens with zero attached hydrogens (tertiary/aromatic N) is 2. The molecule has 1 amide bonds. The van der Waals surface area contributed by atoms with Crippen LogP contribution in [0, 0.1) is 0 Å². The number of benzene rings is 1. The van der Waals surface area contributed by atoms with Crippen molar-refractivity contribution in [1.82, 2.24) is 14.9 Å². The minimum atomic E-state index is -0.249. The summed E-state index contributed by atoms with van der Waals surface area (Å²) in [7, 11) is 0. The summed E-state index contributed by atoms with van der Waals surface area (Å²) < 4.78 is 0. The summed E-state index contributed by atoms with van der Waals surface area (Å²) in [5.74, 6) is 0.0774. The molecular formula is C24H21N3O2S. The third kappa shape index (κ3) is 3.23. The average molecular weight is 416 g/mol. The van der Waals surface area contributed by atoms with Gasteiger partial charge in [0.1, 0.15) is 6.04 Å². The molecule has 0 saturated carbocycles. The quantitative estimate of drug-likeness (QED) is 0.498. The Morgan fingerprint density at radius 3 is 2.80 bits per heavy atom. The lowest BCUT2D eigenvalue weighted by Gasteiger charge is -2.35. The van der Waals surface area contributed by atoms with Gasteiger partial charge in [-0.05, 0) is 54.1 Å². The van der Waals surface area contributed by atoms with E-state index < -0.39 is 0 Å². The maximum absolute atomic E-state index is 13.4. The molecule has 4 heterocycles. The van der Waals surface area contributed by atoms with Gasteiger partial charge < -0.3 is 9.88 Å². The van der Waals surface area contributed by atoms with Gasteiger partial charge in [0.05, 0.1) is 17.0 Å². The summed E-state index contributed by atoms with van der Waals surface area (Å²) in [6, 6.07) is 15.7. The molecule has 1 aliphatic heterocycles. The first kappa shape index (κ1) is 18.8. The van der Waals surface area contributed by atoms with E-state index in [9.17, 15) is 9.59 Å². The lowest BCUT2D eigenvalue weighted by atomic mass is 9.94. The molecule has 0 unspecified atom stereocenters. The zero-order chi connectivity index (χ0) is 20.7. The standard InChI is InChI=1S/C24H21N3O2S/c1-15(28)21-12-16(14-30-21)13-22(29)27-11-9-18-17-6-2-3-7-19(17)26-23(18)24(27)20-8-4-5-10-25-20/h2-8,10,12,14,24,26H,9,11,13H2,1H3/t24-/m1/s1. The fraction of sp³-hybridized carbons (Fsp3) is 0.208. The maximum Gasteiger partial charge on any atom is 0.227 e. The van der Waals surface area contributed by atoms with Crippen LogP contribution in [0.4, 0.5) is 0 Å². The highest BCUT2D eigenvalue weighted by Crippen LogP contribution is 2.38. The molecule has 0 bridgehead atoms. The second-order valence-corrected chi connectivity index (χ2v) is 8.52. The molecule has 0 aliphatic carbocycles. The first-order valence-electron chi connectivity index (χ1n) is 10.00. The van der Waals surface area contributed by atoms with Gasteiger partial charge in [-0.15, -0.1) is 11.3 Å². The molecule has 5 rings (SSSR count). The first-order chi connectivity index (χ1) is 14.6. The van der Waals surface area contributed by atoms with E-state index in [1.807, 2.05) is 46.7 Å². The minimum Gasteiger partial charge on any atom is -0.356 e. The average Bonchev–Trinajstić information content (AvgIpc) is 3.38. The highest BCUT2D eigenvalue weighted by Gasteiger charge is 2.35. The zero-order valence-electron chi connectivity index (χ0n) is 16.6. The fourth-order valence-electron chi connectivity index (χ4n) is 4.28. The molecule has 5 nitrogen and oxygen atoms in total. The molecule has 1 atom stereocenters. The molecule has 1 N–H and O–H groups in total. The summed E-state index contributed by atoms with van der Waals surface area (Å²) in [5.41, 5.74) is 5.14. The van der Waals surface area contributed by atoms with Crippen LogP contribution in [-0.2, 0) is 17.6 Å². The number of fused-ring (bicyclic) bond motifs is 3. The van der Waals surface area contributed by atoms with E-state index in [4.69, 9.17) is 0 Å². The molecule has 30 heavy (non-hydrogen) atoms. The summed E-state index contributed by atoms with van der Waals surface area (Å²) in [4.78, 5) is 35.7. The molecule has 0 radical (unpaired) electrons. The van der Waals surface area contributed by atoms with Gasteiger partial charge in [-0.3, -0.25) is 14.6 Å². The number of ketones is 1. The Morgan fingerprint density at radius 1 is 1.20 bits per heavy atom. The number of hydrogen-bond donors (Lipinski definition) is 1. The smallest absolute Gasteiger partial charge is 0.227 e. The van der Waals surface area contributed by atoms with Crippen LogP contribution in [0.15, 0.2) is 60.1 Å². The van der Waals surface area contributed by atoms with Crippen molar-refractivity contribution in [1.29, 1.82) is 0 Å². The number of pyridine rings is 1. The molecule has 0 saturated heterocycles. The van der Waals surface area contributed by atoms with E-state index in [-0.39, 0.29) is 24.2 Å². The summed E-state index contributed by atoms with van der Waals surface area (Å²) in [6.45, 7) is 2.19. The van der Waals surface area contributed by atoms with Gasteiger partial charge in [0, 0.05) is 29.3 Å². The molecule has 0 spiro atoms. The third-order valence-corrected chi connectivity index (χ3v) is 6.76. The predicted molar refractivity (Wildman–Crippen MR) is 118 cm³/mol. The SMILES string of the molecule is CC(=O)c1cc(CC(=O)N2CCc3c([nH]c4ccccc34)[C@H]2c2ccccn2)cs1. The van der Waals surface area contributed by atoms with E-state index in [0.29, 0.717) is 11.4 Å². The number of H-pyrrole nitrogens is 1. The van der Waals surface area contributed by atoms with Gasteiger partial charge in [0.15, 0.2) is 5.78 Å². The fourth-order valence-corrected chi connectivity index (χ4v) is 5.10. The number of aromatic amines is 1. The maximum atomic E-state index is 13.4. The Labute approximate surface area is 178 Å². The molecule has 4 aromatic rings. The number of Topliss-reactive ketones (excluding diaryl/α,β-unsaturated/α-hetero) is 1. The normalized spacial score (nSPS) is 15.9. The first-order valence-corrected chi connectivity index (χ1v) is 10.9. The van der Waals surface area contributed by atoms with Crippen molar-refractivity contribution in [3.8, 4) is 0 Å². The van der Waals surface area contributed by atoms with Crippen molar-refractivity contribution in [3.63, 3.8) is 0 Å². The number of carbonyl (C=O) groups is 2. The van der Waals surface area contributed by atoms with Crippen LogP contribution < -0.4 is 0 Å². The minimum absolute atomic E-state index is 0.0331. The van der Waals surface area contributed by atoms with Crippen LogP contribution in [0.1, 0.15) is 45.2 Å². The van der Waals surface area contributed by atoms with E-state index in [2.05, 4.69) is 22.1 Å². The lowest BCUT2D eigenvalue weighted by molar-refractivity contribution is -0.132. The van der Waals surface area contributed by atoms with E-state index >= 15 is 0 Å². The number of rotatable bonds is 4. The van der Waals surface area contributed by atoms with Gasteiger partial charge in [0.2, 0.25) is 5.91 Å². The zero-order valence-corrected chi connectivity index (χ0v) is 17.4. The monoisotopic (exact) mass is 415 g/mol. The molecule has 6 heteroatoms. The highest BCUT2D eigenvalue weighted by atomic mass is 32.1. The summed E-state index contributed by atoms with van der Waals surface area (Å²) in [5, 5.41) is 3.12. The van der Waals surface area contributed by atoms with E-state index in [1.165, 1.54) is 22.3 Å². The van der Waals surface area contributed by atoms with Crippen LogP contribution in [0.2, 0.25) is 0 Å². The third-order valence-electron chi connectivity index (χ3n) is 5.68. The molecule has 3 aromatic heterocycles. The molecule has 1 aliphatic rings. The Kier molecular flexibility index (Phi) is 4.71. The largest absolute Gasteiger partial charge is 0.356 e. The van der Waals surface area contributed by atoms with Gasteiger partial charge >= 0.3 is 0 Å². The molecule has 150 valence electrons. The van der Waals surface area contributed by atoms with Crippen LogP contribution >= 0.6 is 11.3 Å². The number of aromatic nitrogens is 2. The van der Waals surface area contributed by atoms with Gasteiger partial charge in [-0.1, -0.05) is 24.3 Å². The van der Waals surface area contributed by atoms with Crippen molar-refractivity contribution in [2.24, 2.45) is 0 Å². The van der Waals surface area contributed by atoms with Crippen molar-refractivity contribution >= 4 is 33.9 Å². The van der Waals surface area contributed by atoms with Crippen LogP contribution in [0.5, 0.6) is 0 Å². The molecule has 1 aromatic carbocycles.